The first kappa shape index (κ1) is 18.2. The largest absolute Gasteiger partial charge is 0.340 e. The molecule has 0 saturated carbocycles. The van der Waals surface area contributed by atoms with Crippen LogP contribution in [-0.4, -0.2) is 44.8 Å². The van der Waals surface area contributed by atoms with Crippen LogP contribution in [0.25, 0.3) is 17.2 Å². The van der Waals surface area contributed by atoms with Crippen molar-refractivity contribution in [3.63, 3.8) is 0 Å². The van der Waals surface area contributed by atoms with Gasteiger partial charge in [-0.05, 0) is 26.3 Å². The zero-order chi connectivity index (χ0) is 19.8. The van der Waals surface area contributed by atoms with Crippen molar-refractivity contribution in [1.29, 1.82) is 0 Å². The monoisotopic (exact) mass is 376 g/mol. The minimum Gasteiger partial charge on any atom is -0.340 e. The fourth-order valence-electron chi connectivity index (χ4n) is 3.76. The number of rotatable bonds is 4. The van der Waals surface area contributed by atoms with Gasteiger partial charge < -0.3 is 9.80 Å². The van der Waals surface area contributed by atoms with Crippen LogP contribution in [0, 0.1) is 0 Å². The summed E-state index contributed by atoms with van der Waals surface area (Å²) in [6, 6.07) is 11.9. The first-order chi connectivity index (χ1) is 13.5. The molecule has 4 rings (SSSR count). The van der Waals surface area contributed by atoms with Gasteiger partial charge >= 0.3 is 0 Å². The summed E-state index contributed by atoms with van der Waals surface area (Å²) < 4.78 is 1.74. The number of anilines is 2. The van der Waals surface area contributed by atoms with Crippen molar-refractivity contribution in [3.05, 3.63) is 48.8 Å². The minimum atomic E-state index is -0.230. The topological polar surface area (TPSA) is 67.2 Å². The highest BCUT2D eigenvalue weighted by molar-refractivity contribution is 6.04. The third kappa shape index (κ3) is 2.83. The molecule has 1 aliphatic heterocycles. The van der Waals surface area contributed by atoms with Gasteiger partial charge in [-0.2, -0.15) is 14.8 Å². The summed E-state index contributed by atoms with van der Waals surface area (Å²) in [6.45, 7) is 6.19. The molecule has 0 spiro atoms. The number of carbonyl (C=O) groups excluding carboxylic acids is 1. The Hall–Kier alpha value is -3.22. The van der Waals surface area contributed by atoms with Crippen molar-refractivity contribution in [2.45, 2.75) is 39.3 Å². The van der Waals surface area contributed by atoms with E-state index < -0.39 is 0 Å². The molecule has 0 saturated heterocycles. The highest BCUT2D eigenvalue weighted by Gasteiger charge is 2.38. The molecule has 3 aromatic rings. The van der Waals surface area contributed by atoms with Crippen molar-refractivity contribution in [2.75, 3.05) is 16.8 Å². The number of benzene rings is 1. The number of fused-ring (bicyclic) bond motifs is 1. The van der Waals surface area contributed by atoms with Gasteiger partial charge in [0.2, 0.25) is 5.91 Å². The van der Waals surface area contributed by atoms with E-state index in [2.05, 4.69) is 28.8 Å². The Balaban J connectivity index is 1.85. The molecular weight excluding hydrogens is 352 g/mol. The number of nitrogens with zero attached hydrogens (tertiary/aromatic N) is 6. The fourth-order valence-corrected chi connectivity index (χ4v) is 3.76. The molecule has 1 aliphatic rings. The SMILES string of the molecule is CCC1C(=O)N(C)c2cnc(-n3nccc3-c3ccccc3)nc2N1C(C)C. The lowest BCUT2D eigenvalue weighted by molar-refractivity contribution is -0.120. The fraction of sp³-hybridized carbons (Fsp3) is 0.333. The lowest BCUT2D eigenvalue weighted by Crippen LogP contribution is -2.55. The number of aromatic nitrogens is 4. The van der Waals surface area contributed by atoms with Gasteiger partial charge in [-0.25, -0.2) is 4.98 Å². The molecule has 2 aromatic heterocycles. The van der Waals surface area contributed by atoms with Crippen LogP contribution >= 0.6 is 0 Å². The maximum absolute atomic E-state index is 12.8. The Morgan fingerprint density at radius 2 is 1.89 bits per heavy atom. The van der Waals surface area contributed by atoms with Crippen LogP contribution in [-0.2, 0) is 4.79 Å². The van der Waals surface area contributed by atoms with Crippen molar-refractivity contribution in [3.8, 4) is 17.2 Å². The van der Waals surface area contributed by atoms with Gasteiger partial charge in [0.25, 0.3) is 5.95 Å². The van der Waals surface area contributed by atoms with Gasteiger partial charge in [0.1, 0.15) is 11.7 Å². The van der Waals surface area contributed by atoms with Crippen LogP contribution < -0.4 is 9.80 Å². The van der Waals surface area contributed by atoms with Crippen LogP contribution in [0.5, 0.6) is 0 Å². The Morgan fingerprint density at radius 3 is 2.57 bits per heavy atom. The van der Waals surface area contributed by atoms with E-state index in [4.69, 9.17) is 4.98 Å². The van der Waals surface area contributed by atoms with Crippen LogP contribution in [0.15, 0.2) is 48.8 Å². The van der Waals surface area contributed by atoms with E-state index in [0.717, 1.165) is 29.2 Å². The second kappa shape index (κ2) is 7.07. The highest BCUT2D eigenvalue weighted by Crippen LogP contribution is 2.36. The Bertz CT molecular complexity index is 997. The minimum absolute atomic E-state index is 0.0733. The van der Waals surface area contributed by atoms with E-state index >= 15 is 0 Å². The molecule has 1 unspecified atom stereocenters. The second-order valence-corrected chi connectivity index (χ2v) is 7.20. The van der Waals surface area contributed by atoms with Gasteiger partial charge in [0, 0.05) is 18.7 Å². The molecule has 0 radical (unpaired) electrons. The first-order valence-electron chi connectivity index (χ1n) is 9.55. The predicted molar refractivity (Wildman–Crippen MR) is 110 cm³/mol. The van der Waals surface area contributed by atoms with E-state index in [1.807, 2.05) is 43.3 Å². The van der Waals surface area contributed by atoms with E-state index in [9.17, 15) is 4.79 Å². The molecule has 7 nitrogen and oxygen atoms in total. The average Bonchev–Trinajstić information content (AvgIpc) is 3.20. The number of carbonyl (C=O) groups is 1. The lowest BCUT2D eigenvalue weighted by atomic mass is 10.1. The Morgan fingerprint density at radius 1 is 1.14 bits per heavy atom. The van der Waals surface area contributed by atoms with Crippen LogP contribution in [0.1, 0.15) is 27.2 Å². The maximum atomic E-state index is 12.8. The van der Waals surface area contributed by atoms with E-state index in [-0.39, 0.29) is 18.0 Å². The summed E-state index contributed by atoms with van der Waals surface area (Å²) >= 11 is 0. The lowest BCUT2D eigenvalue weighted by Gasteiger charge is -2.42. The molecule has 7 heteroatoms. The summed E-state index contributed by atoms with van der Waals surface area (Å²) in [7, 11) is 1.79. The number of amides is 1. The third-order valence-electron chi connectivity index (χ3n) is 5.14. The molecule has 3 heterocycles. The van der Waals surface area contributed by atoms with Gasteiger partial charge in [0.05, 0.1) is 18.1 Å². The second-order valence-electron chi connectivity index (χ2n) is 7.20. The molecule has 0 fully saturated rings. The molecule has 0 N–H and O–H groups in total. The Labute approximate surface area is 164 Å². The molecule has 1 aromatic carbocycles. The van der Waals surface area contributed by atoms with Crippen LogP contribution in [0.2, 0.25) is 0 Å². The molecule has 144 valence electrons. The molecule has 0 bridgehead atoms. The summed E-state index contributed by atoms with van der Waals surface area (Å²) in [5, 5.41) is 4.45. The first-order valence-corrected chi connectivity index (χ1v) is 9.55. The molecule has 0 aliphatic carbocycles. The van der Waals surface area contributed by atoms with Crippen molar-refractivity contribution in [1.82, 2.24) is 19.7 Å². The van der Waals surface area contributed by atoms with E-state index in [1.165, 1.54) is 0 Å². The summed E-state index contributed by atoms with van der Waals surface area (Å²) in [5.41, 5.74) is 2.69. The van der Waals surface area contributed by atoms with E-state index in [1.54, 1.807) is 29.0 Å². The predicted octanol–water partition coefficient (Wildman–Crippen LogP) is 3.30. The quantitative estimate of drug-likeness (QED) is 0.699. The summed E-state index contributed by atoms with van der Waals surface area (Å²) in [4.78, 5) is 25.9. The maximum Gasteiger partial charge on any atom is 0.253 e. The number of hydrogen-bond donors (Lipinski definition) is 0. The summed E-state index contributed by atoms with van der Waals surface area (Å²) in [6.07, 6.45) is 4.18. The molecular formula is C21H24N6O. The van der Waals surface area contributed by atoms with Gasteiger partial charge in [0.15, 0.2) is 5.82 Å². The average molecular weight is 376 g/mol. The van der Waals surface area contributed by atoms with Crippen LogP contribution in [0.4, 0.5) is 11.5 Å². The number of hydrogen-bond acceptors (Lipinski definition) is 5. The van der Waals surface area contributed by atoms with Gasteiger partial charge in [-0.15, -0.1) is 0 Å². The third-order valence-corrected chi connectivity index (χ3v) is 5.14. The zero-order valence-corrected chi connectivity index (χ0v) is 16.6. The molecule has 28 heavy (non-hydrogen) atoms. The zero-order valence-electron chi connectivity index (χ0n) is 16.6. The number of likely N-dealkylation sites (N-methyl/N-ethyl adjacent to an activating group) is 1. The molecule has 1 amide bonds. The van der Waals surface area contributed by atoms with E-state index in [0.29, 0.717) is 5.95 Å². The summed E-state index contributed by atoms with van der Waals surface area (Å²) in [5.74, 6) is 1.33. The van der Waals surface area contributed by atoms with Crippen molar-refractivity contribution < 1.29 is 4.79 Å². The van der Waals surface area contributed by atoms with Gasteiger partial charge in [-0.1, -0.05) is 37.3 Å². The van der Waals surface area contributed by atoms with Crippen molar-refractivity contribution in [2.24, 2.45) is 0 Å². The smallest absolute Gasteiger partial charge is 0.253 e. The normalized spacial score (nSPS) is 16.6. The Kier molecular flexibility index (Phi) is 4.58. The van der Waals surface area contributed by atoms with Gasteiger partial charge in [-0.3, -0.25) is 4.79 Å². The van der Waals surface area contributed by atoms with Crippen LogP contribution in [0.3, 0.4) is 0 Å². The van der Waals surface area contributed by atoms with Crippen molar-refractivity contribution >= 4 is 17.4 Å². The highest BCUT2D eigenvalue weighted by atomic mass is 16.2. The standard InChI is InChI=1S/C21H24N6O/c1-5-16-20(28)25(4)18-13-22-21(24-19(18)26(16)14(2)3)27-17(11-12-23-27)15-9-7-6-8-10-15/h6-14,16H,5H2,1-4H3. The molecule has 1 atom stereocenters.